The van der Waals surface area contributed by atoms with Crippen LogP contribution >= 0.6 is 0 Å². The fraction of sp³-hybridized carbons (Fsp3) is 0.800. The summed E-state index contributed by atoms with van der Waals surface area (Å²) < 4.78 is 7.18. The highest BCUT2D eigenvalue weighted by Crippen LogP contribution is 2.21. The van der Waals surface area contributed by atoms with Crippen LogP contribution in [0.3, 0.4) is 0 Å². The Kier molecular flexibility index (Phi) is 5.05. The molecule has 1 amide bonds. The van der Waals surface area contributed by atoms with E-state index in [0.29, 0.717) is 6.54 Å². The first-order valence-electron chi connectivity index (χ1n) is 7.84. The van der Waals surface area contributed by atoms with Gasteiger partial charge < -0.3 is 15.0 Å². The standard InChI is InChI=1S/C15H27N5O2/c1-11-13(16-9-12-10-19(5)18-17-12)7-6-8-20(11)14(21)22-15(2,3)4/h10-11,13,16H,6-9H2,1-5H3. The lowest BCUT2D eigenvalue weighted by Gasteiger charge is -2.40. The number of piperidine rings is 1. The molecule has 124 valence electrons. The average molecular weight is 309 g/mol. The maximum absolute atomic E-state index is 12.3. The number of nitrogens with one attached hydrogen (secondary N) is 1. The van der Waals surface area contributed by atoms with Crippen LogP contribution in [0.1, 0.15) is 46.2 Å². The first kappa shape index (κ1) is 16.7. The maximum Gasteiger partial charge on any atom is 0.410 e. The van der Waals surface area contributed by atoms with Crippen molar-refractivity contribution in [3.63, 3.8) is 0 Å². The molecule has 2 heterocycles. The van der Waals surface area contributed by atoms with Crippen molar-refractivity contribution < 1.29 is 9.53 Å². The van der Waals surface area contributed by atoms with Crippen LogP contribution in [-0.4, -0.2) is 50.2 Å². The number of likely N-dealkylation sites (tertiary alicyclic amines) is 1. The molecular formula is C15H27N5O2. The molecule has 1 saturated heterocycles. The van der Waals surface area contributed by atoms with E-state index in [1.165, 1.54) is 0 Å². The number of hydrogen-bond acceptors (Lipinski definition) is 5. The lowest BCUT2D eigenvalue weighted by molar-refractivity contribution is 0.00697. The van der Waals surface area contributed by atoms with E-state index in [-0.39, 0.29) is 18.2 Å². The molecule has 1 aliphatic rings. The van der Waals surface area contributed by atoms with Gasteiger partial charge >= 0.3 is 6.09 Å². The van der Waals surface area contributed by atoms with Gasteiger partial charge in [-0.1, -0.05) is 5.21 Å². The molecule has 7 nitrogen and oxygen atoms in total. The topological polar surface area (TPSA) is 72.3 Å². The Labute approximate surface area is 132 Å². The van der Waals surface area contributed by atoms with E-state index in [4.69, 9.17) is 4.74 Å². The Morgan fingerprint density at radius 2 is 2.23 bits per heavy atom. The number of rotatable bonds is 3. The van der Waals surface area contributed by atoms with Crippen molar-refractivity contribution in [2.24, 2.45) is 7.05 Å². The van der Waals surface area contributed by atoms with Gasteiger partial charge in [0.15, 0.2) is 0 Å². The molecule has 2 unspecified atom stereocenters. The monoisotopic (exact) mass is 309 g/mol. The van der Waals surface area contributed by atoms with E-state index in [9.17, 15) is 4.79 Å². The van der Waals surface area contributed by atoms with Crippen molar-refractivity contribution in [2.45, 2.75) is 64.8 Å². The Morgan fingerprint density at radius 1 is 1.50 bits per heavy atom. The highest BCUT2D eigenvalue weighted by molar-refractivity contribution is 5.68. The summed E-state index contributed by atoms with van der Waals surface area (Å²) in [6.45, 7) is 9.15. The molecule has 0 aliphatic carbocycles. The van der Waals surface area contributed by atoms with Gasteiger partial charge in [-0.15, -0.1) is 5.10 Å². The number of carbonyl (C=O) groups is 1. The van der Waals surface area contributed by atoms with Gasteiger partial charge in [-0.05, 0) is 40.5 Å². The van der Waals surface area contributed by atoms with Gasteiger partial charge in [0.25, 0.3) is 0 Å². The number of nitrogens with zero attached hydrogens (tertiary/aromatic N) is 4. The largest absolute Gasteiger partial charge is 0.444 e. The number of aryl methyl sites for hydroxylation is 1. The zero-order chi connectivity index (χ0) is 16.3. The third-order valence-corrected chi connectivity index (χ3v) is 3.81. The summed E-state index contributed by atoms with van der Waals surface area (Å²) in [5.41, 5.74) is 0.445. The Balaban J connectivity index is 1.91. The molecular weight excluding hydrogens is 282 g/mol. The summed E-state index contributed by atoms with van der Waals surface area (Å²) in [4.78, 5) is 14.1. The van der Waals surface area contributed by atoms with Gasteiger partial charge in [0.05, 0.1) is 5.69 Å². The number of amides is 1. The zero-order valence-corrected chi connectivity index (χ0v) is 14.2. The minimum absolute atomic E-state index is 0.0975. The molecule has 1 N–H and O–H groups in total. The van der Waals surface area contributed by atoms with Crippen LogP contribution in [0.25, 0.3) is 0 Å². The van der Waals surface area contributed by atoms with Crippen molar-refractivity contribution in [3.05, 3.63) is 11.9 Å². The first-order chi connectivity index (χ1) is 10.3. The second-order valence-electron chi connectivity index (χ2n) is 6.93. The SMILES string of the molecule is CC1C(NCc2cn(C)nn2)CCCN1C(=O)OC(C)(C)C. The van der Waals surface area contributed by atoms with E-state index in [0.717, 1.165) is 25.1 Å². The van der Waals surface area contributed by atoms with Crippen LogP contribution in [0, 0.1) is 0 Å². The quantitative estimate of drug-likeness (QED) is 0.920. The van der Waals surface area contributed by atoms with Gasteiger partial charge in [-0.2, -0.15) is 0 Å². The smallest absolute Gasteiger partial charge is 0.410 e. The molecule has 0 bridgehead atoms. The fourth-order valence-electron chi connectivity index (χ4n) is 2.71. The predicted molar refractivity (Wildman–Crippen MR) is 83.3 cm³/mol. The van der Waals surface area contributed by atoms with Crippen molar-refractivity contribution in [3.8, 4) is 0 Å². The van der Waals surface area contributed by atoms with E-state index >= 15 is 0 Å². The summed E-state index contributed by atoms with van der Waals surface area (Å²) in [7, 11) is 1.85. The Morgan fingerprint density at radius 3 is 2.82 bits per heavy atom. The summed E-state index contributed by atoms with van der Waals surface area (Å²) in [5, 5.41) is 11.5. The van der Waals surface area contributed by atoms with E-state index in [2.05, 4.69) is 22.6 Å². The minimum Gasteiger partial charge on any atom is -0.444 e. The predicted octanol–water partition coefficient (Wildman–Crippen LogP) is 1.69. The molecule has 0 saturated carbocycles. The maximum atomic E-state index is 12.3. The number of carbonyl (C=O) groups excluding carboxylic acids is 1. The summed E-state index contributed by atoms with van der Waals surface area (Å²) in [6.07, 6.45) is 3.68. The lowest BCUT2D eigenvalue weighted by atomic mass is 9.98. The molecule has 7 heteroatoms. The third kappa shape index (κ3) is 4.43. The van der Waals surface area contributed by atoms with Crippen molar-refractivity contribution in [1.29, 1.82) is 0 Å². The van der Waals surface area contributed by atoms with Gasteiger partial charge in [0.1, 0.15) is 5.60 Å². The van der Waals surface area contributed by atoms with Crippen LogP contribution in [0.15, 0.2) is 6.20 Å². The van der Waals surface area contributed by atoms with Crippen LogP contribution in [0.4, 0.5) is 4.79 Å². The normalized spacial score (nSPS) is 22.7. The molecule has 2 rings (SSSR count). The molecule has 1 aromatic heterocycles. The van der Waals surface area contributed by atoms with Crippen molar-refractivity contribution in [1.82, 2.24) is 25.2 Å². The van der Waals surface area contributed by atoms with Crippen LogP contribution in [-0.2, 0) is 18.3 Å². The molecule has 1 aromatic rings. The molecule has 0 aromatic carbocycles. The van der Waals surface area contributed by atoms with Crippen molar-refractivity contribution >= 4 is 6.09 Å². The Bertz CT molecular complexity index is 508. The van der Waals surface area contributed by atoms with Crippen molar-refractivity contribution in [2.75, 3.05) is 6.54 Å². The van der Waals surface area contributed by atoms with Crippen LogP contribution < -0.4 is 5.32 Å². The minimum atomic E-state index is -0.462. The third-order valence-electron chi connectivity index (χ3n) is 3.81. The Hall–Kier alpha value is -1.63. The summed E-state index contributed by atoms with van der Waals surface area (Å²) in [6, 6.07) is 0.337. The molecule has 1 aliphatic heterocycles. The van der Waals surface area contributed by atoms with Gasteiger partial charge in [0.2, 0.25) is 0 Å². The molecule has 22 heavy (non-hydrogen) atoms. The lowest BCUT2D eigenvalue weighted by Crippen LogP contribution is -2.55. The molecule has 0 spiro atoms. The highest BCUT2D eigenvalue weighted by Gasteiger charge is 2.33. The zero-order valence-electron chi connectivity index (χ0n) is 14.2. The fourth-order valence-corrected chi connectivity index (χ4v) is 2.71. The van der Waals surface area contributed by atoms with E-state index in [1.807, 2.05) is 38.9 Å². The van der Waals surface area contributed by atoms with Gasteiger partial charge in [0, 0.05) is 38.4 Å². The van der Waals surface area contributed by atoms with Crippen LogP contribution in [0.2, 0.25) is 0 Å². The molecule has 1 fully saturated rings. The van der Waals surface area contributed by atoms with Gasteiger partial charge in [-0.3, -0.25) is 4.68 Å². The van der Waals surface area contributed by atoms with E-state index in [1.54, 1.807) is 4.68 Å². The van der Waals surface area contributed by atoms with Crippen LogP contribution in [0.5, 0.6) is 0 Å². The summed E-state index contributed by atoms with van der Waals surface area (Å²) in [5.74, 6) is 0. The van der Waals surface area contributed by atoms with Gasteiger partial charge in [-0.25, -0.2) is 4.79 Å². The number of ether oxygens (including phenoxy) is 1. The molecule has 0 radical (unpaired) electrons. The van der Waals surface area contributed by atoms with E-state index < -0.39 is 5.60 Å². The second kappa shape index (κ2) is 6.64. The summed E-state index contributed by atoms with van der Waals surface area (Å²) >= 11 is 0. The second-order valence-corrected chi connectivity index (χ2v) is 6.93. The number of hydrogen-bond donors (Lipinski definition) is 1. The number of aromatic nitrogens is 3. The highest BCUT2D eigenvalue weighted by atomic mass is 16.6. The first-order valence-corrected chi connectivity index (χ1v) is 7.84. The average Bonchev–Trinajstić information content (AvgIpc) is 2.81. The molecule has 2 atom stereocenters.